The van der Waals surface area contributed by atoms with E-state index in [4.69, 9.17) is 4.74 Å². The van der Waals surface area contributed by atoms with E-state index in [1.54, 1.807) is 31.4 Å². The summed E-state index contributed by atoms with van der Waals surface area (Å²) in [7, 11) is 1.56. The number of carbonyl (C=O) groups excluding carboxylic acids is 1. The van der Waals surface area contributed by atoms with Crippen LogP contribution < -0.4 is 10.1 Å². The van der Waals surface area contributed by atoms with Crippen LogP contribution in [0.15, 0.2) is 24.3 Å². The number of hydrogen-bond acceptors (Lipinski definition) is 3. The highest BCUT2D eigenvalue weighted by Gasteiger charge is 2.14. The first-order chi connectivity index (χ1) is 8.56. The zero-order chi connectivity index (χ0) is 13.5. The summed E-state index contributed by atoms with van der Waals surface area (Å²) in [6, 6.07) is 6.75. The van der Waals surface area contributed by atoms with Crippen molar-refractivity contribution in [3.63, 3.8) is 0 Å². The summed E-state index contributed by atoms with van der Waals surface area (Å²) in [5.74, 6) is 0.883. The highest BCUT2D eigenvalue weighted by molar-refractivity contribution is 5.94. The van der Waals surface area contributed by atoms with Crippen LogP contribution in [0.1, 0.15) is 30.6 Å². The van der Waals surface area contributed by atoms with Crippen LogP contribution >= 0.6 is 0 Å². The van der Waals surface area contributed by atoms with Gasteiger partial charge >= 0.3 is 0 Å². The standard InChI is InChI=1S/C14H21NO3/c1-10(2)7-12(9-16)15-14(17)11-5-4-6-13(8-11)18-3/h4-6,8,10,12,16H,7,9H2,1-3H3,(H,15,17). The van der Waals surface area contributed by atoms with E-state index in [1.165, 1.54) is 0 Å². The van der Waals surface area contributed by atoms with Crippen molar-refractivity contribution in [1.82, 2.24) is 5.32 Å². The molecule has 1 atom stereocenters. The van der Waals surface area contributed by atoms with E-state index in [2.05, 4.69) is 19.2 Å². The number of rotatable bonds is 6. The van der Waals surface area contributed by atoms with Crippen molar-refractivity contribution in [3.05, 3.63) is 29.8 Å². The molecule has 0 fully saturated rings. The Kier molecular flexibility index (Phi) is 5.65. The summed E-state index contributed by atoms with van der Waals surface area (Å²) in [6.07, 6.45) is 0.756. The summed E-state index contributed by atoms with van der Waals surface area (Å²) >= 11 is 0. The second-order valence-electron chi connectivity index (χ2n) is 4.71. The predicted octanol–water partition coefficient (Wildman–Crippen LogP) is 1.83. The first-order valence-corrected chi connectivity index (χ1v) is 6.12. The minimum absolute atomic E-state index is 0.0477. The van der Waals surface area contributed by atoms with Crippen LogP contribution in [0, 0.1) is 5.92 Å². The van der Waals surface area contributed by atoms with Gasteiger partial charge in [-0.3, -0.25) is 4.79 Å². The van der Waals surface area contributed by atoms with Crippen molar-refractivity contribution in [2.45, 2.75) is 26.3 Å². The number of ether oxygens (including phenoxy) is 1. The number of amides is 1. The smallest absolute Gasteiger partial charge is 0.251 e. The lowest BCUT2D eigenvalue weighted by Gasteiger charge is -2.18. The number of benzene rings is 1. The van der Waals surface area contributed by atoms with Crippen LogP contribution in [0.4, 0.5) is 0 Å². The van der Waals surface area contributed by atoms with Crippen LogP contribution in [0.25, 0.3) is 0 Å². The van der Waals surface area contributed by atoms with Gasteiger partial charge in [0.1, 0.15) is 5.75 Å². The average molecular weight is 251 g/mol. The molecule has 4 nitrogen and oxygen atoms in total. The number of methoxy groups -OCH3 is 1. The van der Waals surface area contributed by atoms with Crippen molar-refractivity contribution in [3.8, 4) is 5.75 Å². The minimum atomic E-state index is -0.205. The van der Waals surface area contributed by atoms with Crippen LogP contribution in [0.3, 0.4) is 0 Å². The van der Waals surface area contributed by atoms with Crippen LogP contribution in [-0.2, 0) is 0 Å². The fourth-order valence-corrected chi connectivity index (χ4v) is 1.78. The predicted molar refractivity (Wildman–Crippen MR) is 70.8 cm³/mol. The average Bonchev–Trinajstić information content (AvgIpc) is 2.37. The van der Waals surface area contributed by atoms with Gasteiger partial charge in [0.15, 0.2) is 0 Å². The second-order valence-corrected chi connectivity index (χ2v) is 4.71. The highest BCUT2D eigenvalue weighted by atomic mass is 16.5. The monoisotopic (exact) mass is 251 g/mol. The molecule has 0 bridgehead atoms. The summed E-state index contributed by atoms with van der Waals surface area (Å²) in [6.45, 7) is 4.06. The van der Waals surface area contributed by atoms with Gasteiger partial charge in [-0.2, -0.15) is 0 Å². The molecule has 100 valence electrons. The zero-order valence-corrected chi connectivity index (χ0v) is 11.1. The molecule has 0 aliphatic carbocycles. The minimum Gasteiger partial charge on any atom is -0.497 e. The molecule has 1 amide bonds. The molecule has 1 aromatic rings. The molecule has 0 saturated carbocycles. The van der Waals surface area contributed by atoms with Gasteiger partial charge in [0.2, 0.25) is 0 Å². The Labute approximate surface area is 108 Å². The quantitative estimate of drug-likeness (QED) is 0.811. The maximum Gasteiger partial charge on any atom is 0.251 e. The van der Waals surface area contributed by atoms with Gasteiger partial charge in [-0.25, -0.2) is 0 Å². The number of hydrogen-bond donors (Lipinski definition) is 2. The van der Waals surface area contributed by atoms with Crippen LogP contribution in [0.5, 0.6) is 5.75 Å². The van der Waals surface area contributed by atoms with Crippen molar-refractivity contribution < 1.29 is 14.6 Å². The van der Waals surface area contributed by atoms with E-state index in [9.17, 15) is 9.90 Å². The zero-order valence-electron chi connectivity index (χ0n) is 11.1. The maximum absolute atomic E-state index is 12.0. The van der Waals surface area contributed by atoms with Crippen molar-refractivity contribution in [1.29, 1.82) is 0 Å². The van der Waals surface area contributed by atoms with Crippen molar-refractivity contribution in [2.75, 3.05) is 13.7 Å². The fraction of sp³-hybridized carbons (Fsp3) is 0.500. The highest BCUT2D eigenvalue weighted by Crippen LogP contribution is 2.13. The number of carbonyl (C=O) groups is 1. The number of nitrogens with one attached hydrogen (secondary N) is 1. The largest absolute Gasteiger partial charge is 0.497 e. The van der Waals surface area contributed by atoms with Gasteiger partial charge < -0.3 is 15.2 Å². The molecule has 0 aromatic heterocycles. The van der Waals surface area contributed by atoms with E-state index < -0.39 is 0 Å². The van der Waals surface area contributed by atoms with E-state index in [0.717, 1.165) is 6.42 Å². The Bertz CT molecular complexity index is 390. The maximum atomic E-state index is 12.0. The lowest BCUT2D eigenvalue weighted by molar-refractivity contribution is 0.0908. The lowest BCUT2D eigenvalue weighted by atomic mass is 10.0. The Morgan fingerprint density at radius 3 is 2.72 bits per heavy atom. The molecule has 1 aromatic carbocycles. The van der Waals surface area contributed by atoms with E-state index in [0.29, 0.717) is 17.2 Å². The van der Waals surface area contributed by atoms with Crippen LogP contribution in [-0.4, -0.2) is 30.8 Å². The van der Waals surface area contributed by atoms with Crippen molar-refractivity contribution in [2.24, 2.45) is 5.92 Å². The molecule has 0 saturated heterocycles. The van der Waals surface area contributed by atoms with Crippen molar-refractivity contribution >= 4 is 5.91 Å². The molecule has 0 heterocycles. The van der Waals surface area contributed by atoms with Crippen LogP contribution in [0.2, 0.25) is 0 Å². The first-order valence-electron chi connectivity index (χ1n) is 6.12. The Hall–Kier alpha value is -1.55. The molecule has 0 radical (unpaired) electrons. The van der Waals surface area contributed by atoms with Gasteiger partial charge in [0.05, 0.1) is 19.8 Å². The van der Waals surface area contributed by atoms with Gasteiger partial charge in [0, 0.05) is 5.56 Å². The van der Waals surface area contributed by atoms with Gasteiger partial charge in [-0.1, -0.05) is 19.9 Å². The molecule has 1 rings (SSSR count). The van der Waals surface area contributed by atoms with Gasteiger partial charge in [-0.15, -0.1) is 0 Å². The van der Waals surface area contributed by atoms with Gasteiger partial charge in [-0.05, 0) is 30.5 Å². The molecular formula is C14H21NO3. The Balaban J connectivity index is 2.68. The third-order valence-electron chi connectivity index (χ3n) is 2.64. The van der Waals surface area contributed by atoms with Gasteiger partial charge in [0.25, 0.3) is 5.91 Å². The Morgan fingerprint density at radius 2 is 2.17 bits per heavy atom. The fourth-order valence-electron chi connectivity index (χ4n) is 1.78. The van der Waals surface area contributed by atoms with E-state index >= 15 is 0 Å². The topological polar surface area (TPSA) is 58.6 Å². The molecule has 2 N–H and O–H groups in total. The Morgan fingerprint density at radius 1 is 1.44 bits per heavy atom. The lowest BCUT2D eigenvalue weighted by Crippen LogP contribution is -2.38. The van der Waals surface area contributed by atoms with E-state index in [-0.39, 0.29) is 18.6 Å². The molecule has 18 heavy (non-hydrogen) atoms. The number of aliphatic hydroxyl groups excluding tert-OH is 1. The summed E-state index contributed by atoms with van der Waals surface area (Å²) < 4.78 is 5.07. The SMILES string of the molecule is COc1cccc(C(=O)NC(CO)CC(C)C)c1. The first kappa shape index (κ1) is 14.5. The summed E-state index contributed by atoms with van der Waals surface area (Å²) in [4.78, 5) is 12.0. The third kappa shape index (κ3) is 4.37. The molecular weight excluding hydrogens is 230 g/mol. The number of aliphatic hydroxyl groups is 1. The normalized spacial score (nSPS) is 12.3. The second kappa shape index (κ2) is 7.01. The molecule has 0 aliphatic rings. The molecule has 0 aliphatic heterocycles. The molecule has 4 heteroatoms. The summed E-state index contributed by atoms with van der Waals surface area (Å²) in [5.41, 5.74) is 0.538. The summed E-state index contributed by atoms with van der Waals surface area (Å²) in [5, 5.41) is 12.1. The molecule has 0 spiro atoms. The molecule has 1 unspecified atom stereocenters. The third-order valence-corrected chi connectivity index (χ3v) is 2.64. The van der Waals surface area contributed by atoms with E-state index in [1.807, 2.05) is 0 Å².